The first-order valence-electron chi connectivity index (χ1n) is 8.23. The van der Waals surface area contributed by atoms with Gasteiger partial charge in [-0.05, 0) is 31.2 Å². The number of nitrogens with zero attached hydrogens (tertiary/aromatic N) is 3. The molecule has 0 aliphatic carbocycles. The molecule has 0 bridgehead atoms. The summed E-state index contributed by atoms with van der Waals surface area (Å²) < 4.78 is 32.2. The van der Waals surface area contributed by atoms with Crippen molar-refractivity contribution < 1.29 is 13.2 Å². The number of morpholine rings is 1. The van der Waals surface area contributed by atoms with E-state index in [9.17, 15) is 8.42 Å². The summed E-state index contributed by atoms with van der Waals surface area (Å²) in [7, 11) is -3.19. The maximum Gasteiger partial charge on any atom is 0.178 e. The first kappa shape index (κ1) is 17.1. The second kappa shape index (κ2) is 7.92. The lowest BCUT2D eigenvalue weighted by Crippen LogP contribution is -2.44. The molecule has 1 atom stereocenters. The topological polar surface area (TPSA) is 64.4 Å². The molecule has 0 N–H and O–H groups in total. The van der Waals surface area contributed by atoms with Crippen LogP contribution in [0.1, 0.15) is 6.42 Å². The van der Waals surface area contributed by atoms with Gasteiger partial charge in [0.1, 0.15) is 0 Å². The molecule has 1 saturated heterocycles. The largest absolute Gasteiger partial charge is 0.374 e. The molecule has 7 heteroatoms. The Balaban J connectivity index is 1.46. The van der Waals surface area contributed by atoms with E-state index in [1.54, 1.807) is 30.5 Å². The fraction of sp³-hybridized carbons (Fsp3) is 0.471. The lowest BCUT2D eigenvalue weighted by atomic mass is 10.2. The number of ether oxygens (including phenoxy) is 1. The number of aromatic nitrogens is 2. The summed E-state index contributed by atoms with van der Waals surface area (Å²) in [6.45, 7) is 3.83. The highest BCUT2D eigenvalue weighted by Crippen LogP contribution is 2.13. The van der Waals surface area contributed by atoms with Crippen molar-refractivity contribution in [1.29, 1.82) is 0 Å². The Morgan fingerprint density at radius 1 is 1.21 bits per heavy atom. The fourth-order valence-corrected chi connectivity index (χ4v) is 4.25. The van der Waals surface area contributed by atoms with Crippen LogP contribution < -0.4 is 0 Å². The third kappa shape index (κ3) is 4.66. The monoisotopic (exact) mass is 349 g/mol. The van der Waals surface area contributed by atoms with E-state index in [1.807, 2.05) is 23.0 Å². The van der Waals surface area contributed by atoms with Gasteiger partial charge in [-0.25, -0.2) is 8.42 Å². The van der Waals surface area contributed by atoms with Crippen molar-refractivity contribution in [3.05, 3.63) is 48.8 Å². The molecule has 6 nitrogen and oxygen atoms in total. The lowest BCUT2D eigenvalue weighted by molar-refractivity contribution is -0.0372. The summed E-state index contributed by atoms with van der Waals surface area (Å²) in [4.78, 5) is 2.68. The third-order valence-electron chi connectivity index (χ3n) is 4.16. The Morgan fingerprint density at radius 2 is 2.04 bits per heavy atom. The average Bonchev–Trinajstić information content (AvgIpc) is 3.09. The molecule has 0 unspecified atom stereocenters. The number of hydrogen-bond donors (Lipinski definition) is 0. The minimum Gasteiger partial charge on any atom is -0.374 e. The number of hydrogen-bond acceptors (Lipinski definition) is 5. The van der Waals surface area contributed by atoms with Gasteiger partial charge in [-0.15, -0.1) is 0 Å². The summed E-state index contributed by atoms with van der Waals surface area (Å²) in [5.41, 5.74) is 0. The van der Waals surface area contributed by atoms with E-state index in [0.29, 0.717) is 17.9 Å². The molecule has 24 heavy (non-hydrogen) atoms. The lowest BCUT2D eigenvalue weighted by Gasteiger charge is -2.32. The zero-order chi connectivity index (χ0) is 16.8. The second-order valence-corrected chi connectivity index (χ2v) is 8.12. The van der Waals surface area contributed by atoms with Crippen LogP contribution >= 0.6 is 0 Å². The van der Waals surface area contributed by atoms with Crippen LogP contribution in [0.25, 0.3) is 0 Å². The van der Waals surface area contributed by atoms with E-state index >= 15 is 0 Å². The van der Waals surface area contributed by atoms with Crippen LogP contribution in [-0.4, -0.2) is 61.2 Å². The van der Waals surface area contributed by atoms with Gasteiger partial charge in [-0.1, -0.05) is 18.2 Å². The summed E-state index contributed by atoms with van der Waals surface area (Å²) in [5.74, 6) is 0.179. The highest BCUT2D eigenvalue weighted by molar-refractivity contribution is 7.91. The Bertz CT molecular complexity index is 717. The van der Waals surface area contributed by atoms with Crippen molar-refractivity contribution in [2.24, 2.45) is 0 Å². The molecule has 1 aromatic heterocycles. The zero-order valence-corrected chi connectivity index (χ0v) is 14.4. The quantitative estimate of drug-likeness (QED) is 0.757. The van der Waals surface area contributed by atoms with Gasteiger partial charge in [-0.2, -0.15) is 5.10 Å². The van der Waals surface area contributed by atoms with E-state index < -0.39 is 9.84 Å². The summed E-state index contributed by atoms with van der Waals surface area (Å²) in [5, 5.41) is 4.20. The van der Waals surface area contributed by atoms with E-state index in [4.69, 9.17) is 4.74 Å². The molecule has 1 aliphatic heterocycles. The van der Waals surface area contributed by atoms with Crippen molar-refractivity contribution in [3.63, 3.8) is 0 Å². The van der Waals surface area contributed by atoms with Crippen LogP contribution in [0.3, 0.4) is 0 Å². The van der Waals surface area contributed by atoms with E-state index in [-0.39, 0.29) is 11.9 Å². The standard InChI is InChI=1S/C17H23N3O3S/c21-24(22,17-6-2-1-3-7-17)13-5-9-19-11-12-23-16(14-19)15-20-10-4-8-18-20/h1-4,6-8,10,16H,5,9,11-15H2/t16-/m1/s1. The van der Waals surface area contributed by atoms with Crippen molar-refractivity contribution in [3.8, 4) is 0 Å². The van der Waals surface area contributed by atoms with Gasteiger partial charge >= 0.3 is 0 Å². The van der Waals surface area contributed by atoms with Gasteiger partial charge in [0.25, 0.3) is 0 Å². The fourth-order valence-electron chi connectivity index (χ4n) is 2.93. The smallest absolute Gasteiger partial charge is 0.178 e. The zero-order valence-electron chi connectivity index (χ0n) is 13.6. The minimum absolute atomic E-state index is 0.101. The average molecular weight is 349 g/mol. The Labute approximate surface area is 143 Å². The summed E-state index contributed by atoms with van der Waals surface area (Å²) in [6, 6.07) is 10.6. The molecule has 0 amide bonds. The highest BCUT2D eigenvalue weighted by atomic mass is 32.2. The van der Waals surface area contributed by atoms with Crippen molar-refractivity contribution in [2.45, 2.75) is 24.0 Å². The van der Waals surface area contributed by atoms with Gasteiger partial charge < -0.3 is 4.74 Å². The molecular formula is C17H23N3O3S. The maximum absolute atomic E-state index is 12.3. The van der Waals surface area contributed by atoms with Gasteiger partial charge in [0, 0.05) is 25.5 Å². The van der Waals surface area contributed by atoms with Crippen LogP contribution in [0, 0.1) is 0 Å². The Morgan fingerprint density at radius 3 is 2.79 bits per heavy atom. The SMILES string of the molecule is O=S(=O)(CCCN1CCO[C@@H](Cn2cccn2)C1)c1ccccc1. The molecule has 2 heterocycles. The first-order chi connectivity index (χ1) is 11.6. The number of benzene rings is 1. The van der Waals surface area contributed by atoms with E-state index in [2.05, 4.69) is 10.00 Å². The van der Waals surface area contributed by atoms with Crippen molar-refractivity contribution in [1.82, 2.24) is 14.7 Å². The molecule has 0 spiro atoms. The minimum atomic E-state index is -3.19. The molecule has 1 fully saturated rings. The predicted molar refractivity (Wildman–Crippen MR) is 91.5 cm³/mol. The Kier molecular flexibility index (Phi) is 5.65. The van der Waals surface area contributed by atoms with Crippen LogP contribution in [-0.2, 0) is 21.1 Å². The molecule has 2 aromatic rings. The van der Waals surface area contributed by atoms with Gasteiger partial charge in [0.2, 0.25) is 0 Å². The second-order valence-electron chi connectivity index (χ2n) is 6.01. The normalized spacial score (nSPS) is 19.4. The molecular weight excluding hydrogens is 326 g/mol. The number of sulfone groups is 1. The molecule has 130 valence electrons. The predicted octanol–water partition coefficient (Wildman–Crippen LogP) is 1.45. The van der Waals surface area contributed by atoms with E-state index in [0.717, 1.165) is 26.2 Å². The molecule has 3 rings (SSSR count). The summed E-state index contributed by atoms with van der Waals surface area (Å²) in [6.07, 6.45) is 4.42. The van der Waals surface area contributed by atoms with Crippen molar-refractivity contribution >= 4 is 9.84 Å². The molecule has 0 radical (unpaired) electrons. The van der Waals surface area contributed by atoms with Crippen LogP contribution in [0.2, 0.25) is 0 Å². The highest BCUT2D eigenvalue weighted by Gasteiger charge is 2.21. The van der Waals surface area contributed by atoms with Gasteiger partial charge in [-0.3, -0.25) is 9.58 Å². The third-order valence-corrected chi connectivity index (χ3v) is 5.98. The molecule has 1 aliphatic rings. The maximum atomic E-state index is 12.3. The van der Waals surface area contributed by atoms with E-state index in [1.165, 1.54) is 0 Å². The molecule has 1 aromatic carbocycles. The molecule has 0 saturated carbocycles. The van der Waals surface area contributed by atoms with Gasteiger partial charge in [0.05, 0.1) is 29.9 Å². The first-order valence-corrected chi connectivity index (χ1v) is 9.88. The summed E-state index contributed by atoms with van der Waals surface area (Å²) >= 11 is 0. The number of rotatable bonds is 7. The Hall–Kier alpha value is -1.70. The van der Waals surface area contributed by atoms with Crippen LogP contribution in [0.5, 0.6) is 0 Å². The van der Waals surface area contributed by atoms with Crippen LogP contribution in [0.15, 0.2) is 53.7 Å². The van der Waals surface area contributed by atoms with Gasteiger partial charge in [0.15, 0.2) is 9.84 Å². The van der Waals surface area contributed by atoms with Crippen molar-refractivity contribution in [2.75, 3.05) is 32.0 Å². The van der Waals surface area contributed by atoms with Crippen LogP contribution in [0.4, 0.5) is 0 Å².